The number of ether oxygens (including phenoxy) is 2. The van der Waals surface area contributed by atoms with Crippen LogP contribution < -0.4 is 9.47 Å². The van der Waals surface area contributed by atoms with E-state index in [2.05, 4.69) is 19.9 Å². The summed E-state index contributed by atoms with van der Waals surface area (Å²) in [5, 5.41) is -0.155. The third-order valence-electron chi connectivity index (χ3n) is 3.14. The zero-order chi connectivity index (χ0) is 14.0. The van der Waals surface area contributed by atoms with Gasteiger partial charge in [-0.1, -0.05) is 6.07 Å². The molecule has 4 heteroatoms. The number of thiophene rings is 1. The zero-order valence-electron chi connectivity index (χ0n) is 11.5. The molecular weight excluding hydrogens is 280 g/mol. The smallest absolute Gasteiger partial charge is 0.161 e. The SMILES string of the molecule is COc1ccc(C(Cl)c2cc(C)c(C)s2)cc1OC. The molecule has 1 atom stereocenters. The summed E-state index contributed by atoms with van der Waals surface area (Å²) in [6, 6.07) is 7.94. The van der Waals surface area contributed by atoms with E-state index in [1.807, 2.05) is 18.2 Å². The van der Waals surface area contributed by atoms with Crippen LogP contribution in [0, 0.1) is 13.8 Å². The summed E-state index contributed by atoms with van der Waals surface area (Å²) in [7, 11) is 3.26. The average molecular weight is 297 g/mol. The van der Waals surface area contributed by atoms with Crippen molar-refractivity contribution in [3.05, 3.63) is 45.1 Å². The molecule has 19 heavy (non-hydrogen) atoms. The van der Waals surface area contributed by atoms with Crippen molar-refractivity contribution in [2.45, 2.75) is 19.2 Å². The summed E-state index contributed by atoms with van der Waals surface area (Å²) < 4.78 is 10.5. The molecule has 1 heterocycles. The molecule has 102 valence electrons. The lowest BCUT2D eigenvalue weighted by Gasteiger charge is -2.12. The van der Waals surface area contributed by atoms with Crippen LogP contribution in [0.3, 0.4) is 0 Å². The maximum absolute atomic E-state index is 6.56. The molecule has 1 aromatic heterocycles. The number of alkyl halides is 1. The molecule has 0 saturated carbocycles. The number of aryl methyl sites for hydroxylation is 2. The number of hydrogen-bond acceptors (Lipinski definition) is 3. The topological polar surface area (TPSA) is 18.5 Å². The first-order valence-electron chi connectivity index (χ1n) is 5.99. The fraction of sp³-hybridized carbons (Fsp3) is 0.333. The van der Waals surface area contributed by atoms with Gasteiger partial charge in [0.1, 0.15) is 0 Å². The maximum Gasteiger partial charge on any atom is 0.161 e. The molecule has 2 rings (SSSR count). The maximum atomic E-state index is 6.56. The lowest BCUT2D eigenvalue weighted by Crippen LogP contribution is -1.95. The summed E-state index contributed by atoms with van der Waals surface area (Å²) in [6.07, 6.45) is 0. The minimum atomic E-state index is -0.155. The first-order valence-corrected chi connectivity index (χ1v) is 7.25. The van der Waals surface area contributed by atoms with Gasteiger partial charge in [0, 0.05) is 9.75 Å². The zero-order valence-corrected chi connectivity index (χ0v) is 13.1. The van der Waals surface area contributed by atoms with Gasteiger partial charge in [-0.15, -0.1) is 22.9 Å². The second-order valence-electron chi connectivity index (χ2n) is 4.36. The van der Waals surface area contributed by atoms with Crippen LogP contribution in [0.15, 0.2) is 24.3 Å². The number of rotatable bonds is 4. The quantitative estimate of drug-likeness (QED) is 0.761. The van der Waals surface area contributed by atoms with E-state index in [0.29, 0.717) is 11.5 Å². The molecule has 0 aliphatic heterocycles. The molecule has 1 unspecified atom stereocenters. The Morgan fingerprint density at radius 3 is 2.26 bits per heavy atom. The summed E-state index contributed by atoms with van der Waals surface area (Å²) >= 11 is 8.29. The molecule has 0 radical (unpaired) electrons. The van der Waals surface area contributed by atoms with Crippen molar-refractivity contribution in [1.29, 1.82) is 0 Å². The molecular formula is C15H17ClO2S. The van der Waals surface area contributed by atoms with Crippen LogP contribution in [-0.4, -0.2) is 14.2 Å². The molecule has 0 aliphatic rings. The van der Waals surface area contributed by atoms with E-state index >= 15 is 0 Å². The van der Waals surface area contributed by atoms with Gasteiger partial charge in [0.15, 0.2) is 11.5 Å². The van der Waals surface area contributed by atoms with Crippen LogP contribution >= 0.6 is 22.9 Å². The predicted molar refractivity (Wildman–Crippen MR) is 81.0 cm³/mol. The standard InChI is InChI=1S/C15H17ClO2S/c1-9-7-14(19-10(9)2)15(16)11-5-6-12(17-3)13(8-11)18-4/h5-8,15H,1-4H3. The Kier molecular flexibility index (Phi) is 4.38. The molecule has 0 bridgehead atoms. The highest BCUT2D eigenvalue weighted by Gasteiger charge is 2.16. The van der Waals surface area contributed by atoms with E-state index in [1.54, 1.807) is 25.6 Å². The summed E-state index contributed by atoms with van der Waals surface area (Å²) in [4.78, 5) is 2.46. The third kappa shape index (κ3) is 2.88. The van der Waals surface area contributed by atoms with E-state index in [-0.39, 0.29) is 5.38 Å². The van der Waals surface area contributed by atoms with Crippen LogP contribution in [0.1, 0.15) is 26.3 Å². The normalized spacial score (nSPS) is 12.3. The summed E-state index contributed by atoms with van der Waals surface area (Å²) in [6.45, 7) is 4.22. The Morgan fingerprint density at radius 1 is 1.05 bits per heavy atom. The van der Waals surface area contributed by atoms with E-state index in [4.69, 9.17) is 21.1 Å². The highest BCUT2D eigenvalue weighted by atomic mass is 35.5. The molecule has 0 aliphatic carbocycles. The van der Waals surface area contributed by atoms with Crippen LogP contribution in [-0.2, 0) is 0 Å². The Labute approximate surface area is 122 Å². The van der Waals surface area contributed by atoms with Crippen molar-refractivity contribution < 1.29 is 9.47 Å². The predicted octanol–water partition coefficient (Wildman–Crippen LogP) is 4.71. The van der Waals surface area contributed by atoms with Gasteiger partial charge in [-0.2, -0.15) is 0 Å². The lowest BCUT2D eigenvalue weighted by atomic mass is 10.1. The second-order valence-corrected chi connectivity index (χ2v) is 6.09. The minimum absolute atomic E-state index is 0.155. The number of methoxy groups -OCH3 is 2. The van der Waals surface area contributed by atoms with Gasteiger partial charge in [-0.25, -0.2) is 0 Å². The van der Waals surface area contributed by atoms with Crippen molar-refractivity contribution in [3.63, 3.8) is 0 Å². The average Bonchev–Trinajstić information content (AvgIpc) is 2.77. The molecule has 0 amide bonds. The lowest BCUT2D eigenvalue weighted by molar-refractivity contribution is 0.354. The monoisotopic (exact) mass is 296 g/mol. The van der Waals surface area contributed by atoms with E-state index in [0.717, 1.165) is 10.4 Å². The van der Waals surface area contributed by atoms with E-state index in [9.17, 15) is 0 Å². The van der Waals surface area contributed by atoms with Gasteiger partial charge in [-0.3, -0.25) is 0 Å². The number of hydrogen-bond donors (Lipinski definition) is 0. The van der Waals surface area contributed by atoms with Crippen molar-refractivity contribution in [3.8, 4) is 11.5 Å². The third-order valence-corrected chi connectivity index (χ3v) is 4.97. The van der Waals surface area contributed by atoms with Crippen molar-refractivity contribution in [2.24, 2.45) is 0 Å². The van der Waals surface area contributed by atoms with Crippen LogP contribution in [0.2, 0.25) is 0 Å². The summed E-state index contributed by atoms with van der Waals surface area (Å²) in [5.41, 5.74) is 2.30. The van der Waals surface area contributed by atoms with Crippen LogP contribution in [0.5, 0.6) is 11.5 Å². The van der Waals surface area contributed by atoms with Gasteiger partial charge in [0.2, 0.25) is 0 Å². The molecule has 2 aromatic rings. The van der Waals surface area contributed by atoms with Gasteiger partial charge >= 0.3 is 0 Å². The largest absolute Gasteiger partial charge is 0.493 e. The Morgan fingerprint density at radius 2 is 1.74 bits per heavy atom. The van der Waals surface area contributed by atoms with Crippen molar-refractivity contribution in [1.82, 2.24) is 0 Å². The molecule has 0 saturated heterocycles. The first kappa shape index (κ1) is 14.2. The molecule has 2 nitrogen and oxygen atoms in total. The van der Waals surface area contributed by atoms with Crippen LogP contribution in [0.4, 0.5) is 0 Å². The number of halogens is 1. The fourth-order valence-electron chi connectivity index (χ4n) is 1.90. The minimum Gasteiger partial charge on any atom is -0.493 e. The van der Waals surface area contributed by atoms with Gasteiger partial charge < -0.3 is 9.47 Å². The Balaban J connectivity index is 2.35. The molecule has 0 fully saturated rings. The fourth-order valence-corrected chi connectivity index (χ4v) is 3.28. The Bertz CT molecular complexity index is 558. The first-order chi connectivity index (χ1) is 9.06. The Hall–Kier alpha value is -1.19. The van der Waals surface area contributed by atoms with E-state index < -0.39 is 0 Å². The van der Waals surface area contributed by atoms with Crippen molar-refractivity contribution >= 4 is 22.9 Å². The van der Waals surface area contributed by atoms with Gasteiger partial charge in [0.05, 0.1) is 19.6 Å². The van der Waals surface area contributed by atoms with Gasteiger partial charge in [-0.05, 0) is 43.2 Å². The highest BCUT2D eigenvalue weighted by Crippen LogP contribution is 2.38. The highest BCUT2D eigenvalue weighted by molar-refractivity contribution is 7.12. The van der Waals surface area contributed by atoms with E-state index in [1.165, 1.54) is 10.4 Å². The summed E-state index contributed by atoms with van der Waals surface area (Å²) in [5.74, 6) is 1.42. The molecule has 1 aromatic carbocycles. The molecule has 0 N–H and O–H groups in total. The number of benzene rings is 1. The van der Waals surface area contributed by atoms with Gasteiger partial charge in [0.25, 0.3) is 0 Å². The van der Waals surface area contributed by atoms with Crippen LogP contribution in [0.25, 0.3) is 0 Å². The van der Waals surface area contributed by atoms with Crippen molar-refractivity contribution in [2.75, 3.05) is 14.2 Å². The second kappa shape index (κ2) is 5.85. The molecule has 0 spiro atoms.